The number of para-hydroxylation sites is 1. The van der Waals surface area contributed by atoms with Crippen molar-refractivity contribution in [3.05, 3.63) is 72.2 Å². The van der Waals surface area contributed by atoms with E-state index in [2.05, 4.69) is 48.2 Å². The lowest BCUT2D eigenvalue weighted by Gasteiger charge is -2.45. The number of allylic oxidation sites excluding steroid dienone is 1. The number of aromatic amines is 1. The maximum atomic E-state index is 7.90. The zero-order valence-corrected chi connectivity index (χ0v) is 15.0. The lowest BCUT2D eigenvalue weighted by Crippen LogP contribution is -2.48. The molecule has 1 saturated carbocycles. The summed E-state index contributed by atoms with van der Waals surface area (Å²) in [5.41, 5.74) is 2.97. The summed E-state index contributed by atoms with van der Waals surface area (Å²) in [6.45, 7) is 20.2. The molecule has 0 bridgehead atoms. The van der Waals surface area contributed by atoms with Gasteiger partial charge in [-0.1, -0.05) is 36.4 Å². The fraction of sp³-hybridized carbons (Fsp3) is 0.381. The predicted octanol–water partition coefficient (Wildman–Crippen LogP) is 5.94. The van der Waals surface area contributed by atoms with Crippen LogP contribution in [0.5, 0.6) is 0 Å². The summed E-state index contributed by atoms with van der Waals surface area (Å²) in [6, 6.07) is 8.00. The molecule has 1 N–H and O–H groups in total. The van der Waals surface area contributed by atoms with Gasteiger partial charge in [-0.05, 0) is 37.8 Å². The van der Waals surface area contributed by atoms with Crippen LogP contribution in [0, 0.1) is 17.9 Å². The highest BCUT2D eigenvalue weighted by molar-refractivity contribution is 6.21. The van der Waals surface area contributed by atoms with Gasteiger partial charge in [-0.3, -0.25) is 0 Å². The first kappa shape index (κ1) is 16.9. The van der Waals surface area contributed by atoms with Crippen molar-refractivity contribution in [3.63, 3.8) is 0 Å². The van der Waals surface area contributed by atoms with Gasteiger partial charge in [0, 0.05) is 17.1 Å². The fourth-order valence-corrected chi connectivity index (χ4v) is 4.56. The van der Waals surface area contributed by atoms with Gasteiger partial charge in [-0.25, -0.2) is 6.57 Å². The van der Waals surface area contributed by atoms with E-state index in [9.17, 15) is 0 Å². The summed E-state index contributed by atoms with van der Waals surface area (Å²) in [6.07, 6.45) is 4.75. The molecule has 2 aromatic rings. The SMILES string of the molecule is [C-]#[N+][C@@H]1[C@H](c2c[nH]c3ccccc23)[C@@H](C(=C)C)C[C@@H](Cl)[C@]1(C)C=C. The Morgan fingerprint density at radius 3 is 2.79 bits per heavy atom. The van der Waals surface area contributed by atoms with Gasteiger partial charge >= 0.3 is 0 Å². The van der Waals surface area contributed by atoms with Crippen molar-refractivity contribution in [1.82, 2.24) is 4.98 Å². The zero-order valence-electron chi connectivity index (χ0n) is 14.2. The molecule has 1 aromatic heterocycles. The molecule has 124 valence electrons. The van der Waals surface area contributed by atoms with Crippen molar-refractivity contribution in [2.24, 2.45) is 11.3 Å². The number of nitrogens with one attached hydrogen (secondary N) is 1. The molecular formula is C21H23ClN2. The van der Waals surface area contributed by atoms with Gasteiger partial charge in [0.2, 0.25) is 6.04 Å². The molecule has 0 unspecified atom stereocenters. The smallest absolute Gasteiger partial charge is 0.241 e. The highest BCUT2D eigenvalue weighted by Gasteiger charge is 2.55. The van der Waals surface area contributed by atoms with E-state index in [1.54, 1.807) is 0 Å². The first-order valence-electron chi connectivity index (χ1n) is 8.29. The second-order valence-corrected chi connectivity index (χ2v) is 7.64. The Bertz CT molecular complexity index is 828. The molecule has 1 aliphatic rings. The topological polar surface area (TPSA) is 20.1 Å². The van der Waals surface area contributed by atoms with Crippen molar-refractivity contribution in [3.8, 4) is 0 Å². The Morgan fingerprint density at radius 2 is 2.17 bits per heavy atom. The summed E-state index contributed by atoms with van der Waals surface area (Å²) in [4.78, 5) is 7.39. The molecule has 3 rings (SSSR count). The average Bonchev–Trinajstić information content (AvgIpc) is 3.00. The minimum atomic E-state index is -0.418. The zero-order chi connectivity index (χ0) is 17.5. The van der Waals surface area contributed by atoms with E-state index in [4.69, 9.17) is 18.2 Å². The van der Waals surface area contributed by atoms with Crippen LogP contribution in [0.15, 0.2) is 55.3 Å². The van der Waals surface area contributed by atoms with Gasteiger partial charge < -0.3 is 9.83 Å². The van der Waals surface area contributed by atoms with E-state index >= 15 is 0 Å². The van der Waals surface area contributed by atoms with Crippen LogP contribution < -0.4 is 0 Å². The average molecular weight is 339 g/mol. The number of alkyl halides is 1. The molecule has 1 aromatic carbocycles. The number of benzene rings is 1. The number of aromatic nitrogens is 1. The third kappa shape index (κ3) is 2.39. The van der Waals surface area contributed by atoms with Crippen molar-refractivity contribution in [2.75, 3.05) is 0 Å². The normalized spacial score (nSPS) is 33.1. The molecular weight excluding hydrogens is 316 g/mol. The Labute approximate surface area is 149 Å². The summed E-state index contributed by atoms with van der Waals surface area (Å²) in [7, 11) is 0. The van der Waals surface area contributed by atoms with Crippen LogP contribution >= 0.6 is 11.6 Å². The summed E-state index contributed by atoms with van der Waals surface area (Å²) < 4.78 is 0. The van der Waals surface area contributed by atoms with Crippen LogP contribution in [0.3, 0.4) is 0 Å². The number of H-pyrrole nitrogens is 1. The molecule has 2 nitrogen and oxygen atoms in total. The highest BCUT2D eigenvalue weighted by Crippen LogP contribution is 2.54. The van der Waals surface area contributed by atoms with Crippen LogP contribution in [0.2, 0.25) is 0 Å². The summed E-state index contributed by atoms with van der Waals surface area (Å²) in [5, 5.41) is 1.07. The first-order valence-corrected chi connectivity index (χ1v) is 8.73. The molecule has 24 heavy (non-hydrogen) atoms. The largest absolute Gasteiger partial charge is 0.361 e. The van der Waals surface area contributed by atoms with Crippen molar-refractivity contribution < 1.29 is 0 Å². The molecule has 0 spiro atoms. The molecule has 0 amide bonds. The van der Waals surface area contributed by atoms with Crippen LogP contribution in [-0.2, 0) is 0 Å². The van der Waals surface area contributed by atoms with Gasteiger partial charge in [-0.2, -0.15) is 0 Å². The standard InChI is InChI=1S/C21H23ClN2/c1-6-21(4)18(22)11-15(13(2)3)19(20(21)23-5)16-12-24-17-10-8-7-9-14(16)17/h6-10,12,15,18-20,24H,1-2,11H2,3-4H3/t15-,18-,19+,20-,21+/m1/s1. The molecule has 5 atom stereocenters. The third-order valence-corrected chi connectivity index (χ3v) is 6.39. The van der Waals surface area contributed by atoms with Crippen LogP contribution in [-0.4, -0.2) is 16.4 Å². The van der Waals surface area contributed by atoms with E-state index in [-0.39, 0.29) is 23.3 Å². The van der Waals surface area contributed by atoms with E-state index < -0.39 is 5.41 Å². The quantitative estimate of drug-likeness (QED) is 0.406. The van der Waals surface area contributed by atoms with Gasteiger partial charge in [0.05, 0.1) is 16.7 Å². The number of fused-ring (bicyclic) bond motifs is 1. The van der Waals surface area contributed by atoms with Crippen LogP contribution in [0.25, 0.3) is 15.7 Å². The van der Waals surface area contributed by atoms with Gasteiger partial charge in [-0.15, -0.1) is 18.2 Å². The number of rotatable bonds is 3. The highest BCUT2D eigenvalue weighted by atomic mass is 35.5. The molecule has 0 aliphatic heterocycles. The van der Waals surface area contributed by atoms with Gasteiger partial charge in [0.15, 0.2) is 0 Å². The van der Waals surface area contributed by atoms with Crippen molar-refractivity contribution in [1.29, 1.82) is 0 Å². The first-order chi connectivity index (χ1) is 11.4. The lowest BCUT2D eigenvalue weighted by molar-refractivity contribution is 0.202. The number of nitrogens with zero attached hydrogens (tertiary/aromatic N) is 1. The Balaban J connectivity index is 2.21. The number of hydrogen-bond donors (Lipinski definition) is 1. The van der Waals surface area contributed by atoms with Crippen LogP contribution in [0.4, 0.5) is 0 Å². The molecule has 0 saturated heterocycles. The Kier molecular flexibility index (Phi) is 4.32. The number of halogens is 1. The summed E-state index contributed by atoms with van der Waals surface area (Å²) >= 11 is 6.72. The molecule has 1 heterocycles. The molecule has 0 radical (unpaired) electrons. The summed E-state index contributed by atoms with van der Waals surface area (Å²) in [5.74, 6) is 0.257. The Hall–Kier alpha value is -1.98. The fourth-order valence-electron chi connectivity index (χ4n) is 4.15. The van der Waals surface area contributed by atoms with Crippen molar-refractivity contribution >= 4 is 22.5 Å². The van der Waals surface area contributed by atoms with E-state index in [0.717, 1.165) is 17.5 Å². The predicted molar refractivity (Wildman–Crippen MR) is 102 cm³/mol. The van der Waals surface area contributed by atoms with Gasteiger partial charge in [0.1, 0.15) is 0 Å². The van der Waals surface area contributed by atoms with E-state index in [1.807, 2.05) is 25.1 Å². The van der Waals surface area contributed by atoms with Gasteiger partial charge in [0.25, 0.3) is 0 Å². The molecule has 1 aliphatic carbocycles. The maximum Gasteiger partial charge on any atom is 0.241 e. The third-order valence-electron chi connectivity index (χ3n) is 5.74. The lowest BCUT2D eigenvalue weighted by atomic mass is 9.59. The molecule has 3 heteroatoms. The number of hydrogen-bond acceptors (Lipinski definition) is 0. The second kappa shape index (κ2) is 6.15. The minimum Gasteiger partial charge on any atom is -0.361 e. The second-order valence-electron chi connectivity index (χ2n) is 7.12. The Morgan fingerprint density at radius 1 is 1.46 bits per heavy atom. The van der Waals surface area contributed by atoms with E-state index in [0.29, 0.717) is 0 Å². The monoisotopic (exact) mass is 338 g/mol. The molecule has 1 fully saturated rings. The van der Waals surface area contributed by atoms with E-state index in [1.165, 1.54) is 10.9 Å². The minimum absolute atomic E-state index is 0.0640. The van der Waals surface area contributed by atoms with Crippen LogP contribution in [0.1, 0.15) is 31.7 Å². The maximum absolute atomic E-state index is 7.90. The van der Waals surface area contributed by atoms with Crippen molar-refractivity contribution in [2.45, 2.75) is 37.6 Å².